The van der Waals surface area contributed by atoms with Crippen molar-refractivity contribution in [2.45, 2.75) is 39.2 Å². The first-order chi connectivity index (χ1) is 11.3. The fraction of sp³-hybridized carbons (Fsp3) is 0.350. The van der Waals surface area contributed by atoms with E-state index in [4.69, 9.17) is 4.74 Å². The predicted octanol–water partition coefficient (Wildman–Crippen LogP) is 5.40. The Balaban J connectivity index is 1.76. The van der Waals surface area contributed by atoms with Gasteiger partial charge in [0.15, 0.2) is 0 Å². The summed E-state index contributed by atoms with van der Waals surface area (Å²) in [5.74, 6) is 0.533. The Labute approximate surface area is 138 Å². The van der Waals surface area contributed by atoms with Gasteiger partial charge in [-0.3, -0.25) is 4.99 Å². The molecule has 0 amide bonds. The second-order valence-electron chi connectivity index (χ2n) is 5.58. The van der Waals surface area contributed by atoms with Crippen LogP contribution in [0.4, 0.5) is 4.39 Å². The zero-order valence-electron chi connectivity index (χ0n) is 13.7. The van der Waals surface area contributed by atoms with Crippen LogP contribution in [-0.4, -0.2) is 12.8 Å². The summed E-state index contributed by atoms with van der Waals surface area (Å²) in [5.41, 5.74) is 1.89. The lowest BCUT2D eigenvalue weighted by Crippen LogP contribution is -1.96. The normalized spacial score (nSPS) is 11.0. The molecule has 2 aromatic carbocycles. The van der Waals surface area contributed by atoms with Crippen LogP contribution >= 0.6 is 0 Å². The molecule has 3 heteroatoms. The number of hydrogen-bond donors (Lipinski definition) is 0. The fourth-order valence-corrected chi connectivity index (χ4v) is 2.24. The van der Waals surface area contributed by atoms with Crippen LogP contribution in [0.5, 0.6) is 5.75 Å². The molecule has 0 atom stereocenters. The summed E-state index contributed by atoms with van der Waals surface area (Å²) in [6.07, 6.45) is 6.84. The first-order valence-corrected chi connectivity index (χ1v) is 8.25. The minimum atomic E-state index is -0.239. The van der Waals surface area contributed by atoms with Crippen molar-refractivity contribution in [1.82, 2.24) is 0 Å². The van der Waals surface area contributed by atoms with Crippen LogP contribution in [0, 0.1) is 5.82 Å². The van der Waals surface area contributed by atoms with Gasteiger partial charge in [0.25, 0.3) is 0 Å². The van der Waals surface area contributed by atoms with E-state index in [0.29, 0.717) is 6.61 Å². The highest BCUT2D eigenvalue weighted by atomic mass is 19.1. The van der Waals surface area contributed by atoms with E-state index in [2.05, 4.69) is 11.9 Å². The van der Waals surface area contributed by atoms with Gasteiger partial charge in [-0.15, -0.1) is 0 Å². The Morgan fingerprint density at radius 2 is 1.87 bits per heavy atom. The number of rotatable bonds is 9. The first kappa shape index (κ1) is 17.2. The molecule has 23 heavy (non-hydrogen) atoms. The molecule has 0 spiro atoms. The minimum absolute atomic E-state index is 0.239. The van der Waals surface area contributed by atoms with E-state index < -0.39 is 0 Å². The number of hydrogen-bond acceptors (Lipinski definition) is 2. The lowest BCUT2D eigenvalue weighted by atomic mass is 10.2. The van der Waals surface area contributed by atoms with E-state index in [1.165, 1.54) is 31.4 Å². The number of nitrogens with zero attached hydrogens (tertiary/aromatic N) is 1. The summed E-state index contributed by atoms with van der Waals surface area (Å²) in [7, 11) is 0. The van der Waals surface area contributed by atoms with Gasteiger partial charge in [-0.2, -0.15) is 0 Å². The summed E-state index contributed by atoms with van der Waals surface area (Å²) < 4.78 is 18.8. The Bertz CT molecular complexity index is 607. The van der Waals surface area contributed by atoms with Crippen molar-refractivity contribution >= 4 is 6.21 Å². The standard InChI is InChI=1S/C20H24FNO/c1-2-3-4-5-13-22-15-17-9-11-20(12-10-17)23-16-18-7-6-8-19(21)14-18/h6-12,14-15H,2-5,13,16H2,1H3/b22-15+. The topological polar surface area (TPSA) is 21.6 Å². The zero-order valence-corrected chi connectivity index (χ0v) is 13.7. The molecule has 0 saturated heterocycles. The molecule has 0 aliphatic heterocycles. The third kappa shape index (κ3) is 6.64. The zero-order chi connectivity index (χ0) is 16.3. The minimum Gasteiger partial charge on any atom is -0.489 e. The maximum absolute atomic E-state index is 13.1. The molecule has 0 radical (unpaired) electrons. The highest BCUT2D eigenvalue weighted by Gasteiger charge is 1.98. The van der Waals surface area contributed by atoms with Crippen molar-refractivity contribution in [2.24, 2.45) is 4.99 Å². The van der Waals surface area contributed by atoms with Gasteiger partial charge < -0.3 is 4.74 Å². The molecule has 2 nitrogen and oxygen atoms in total. The molecule has 0 heterocycles. The Morgan fingerprint density at radius 3 is 2.61 bits per heavy atom. The van der Waals surface area contributed by atoms with Crippen LogP contribution in [0.2, 0.25) is 0 Å². The number of unbranched alkanes of at least 4 members (excludes halogenated alkanes) is 3. The Morgan fingerprint density at radius 1 is 1.04 bits per heavy atom. The van der Waals surface area contributed by atoms with Crippen molar-refractivity contribution in [1.29, 1.82) is 0 Å². The van der Waals surface area contributed by atoms with Crippen LogP contribution < -0.4 is 4.74 Å². The average Bonchev–Trinajstić information content (AvgIpc) is 2.57. The van der Waals surface area contributed by atoms with E-state index in [0.717, 1.165) is 29.8 Å². The van der Waals surface area contributed by atoms with Crippen molar-refractivity contribution in [3.63, 3.8) is 0 Å². The van der Waals surface area contributed by atoms with Crippen molar-refractivity contribution in [3.8, 4) is 5.75 Å². The molecule has 0 saturated carbocycles. The maximum Gasteiger partial charge on any atom is 0.123 e. The third-order valence-corrected chi connectivity index (χ3v) is 3.56. The van der Waals surface area contributed by atoms with Crippen molar-refractivity contribution in [2.75, 3.05) is 6.54 Å². The van der Waals surface area contributed by atoms with Gasteiger partial charge in [-0.1, -0.05) is 38.3 Å². The summed E-state index contributed by atoms with van der Waals surface area (Å²) in [6, 6.07) is 14.2. The summed E-state index contributed by atoms with van der Waals surface area (Å²) >= 11 is 0. The van der Waals surface area contributed by atoms with Gasteiger partial charge in [0.2, 0.25) is 0 Å². The Hall–Kier alpha value is -2.16. The van der Waals surface area contributed by atoms with Crippen LogP contribution in [0.1, 0.15) is 43.7 Å². The average molecular weight is 313 g/mol. The summed E-state index contributed by atoms with van der Waals surface area (Å²) in [5, 5.41) is 0. The van der Waals surface area contributed by atoms with Crippen LogP contribution in [-0.2, 0) is 6.61 Å². The highest BCUT2D eigenvalue weighted by Crippen LogP contribution is 2.14. The molecule has 0 fully saturated rings. The quantitative estimate of drug-likeness (QED) is 0.448. The molecular weight excluding hydrogens is 289 g/mol. The van der Waals surface area contributed by atoms with E-state index in [1.54, 1.807) is 6.07 Å². The highest BCUT2D eigenvalue weighted by molar-refractivity contribution is 5.79. The monoisotopic (exact) mass is 313 g/mol. The van der Waals surface area contributed by atoms with E-state index >= 15 is 0 Å². The summed E-state index contributed by atoms with van der Waals surface area (Å²) in [6.45, 7) is 3.46. The number of halogens is 1. The molecule has 122 valence electrons. The summed E-state index contributed by atoms with van der Waals surface area (Å²) in [4.78, 5) is 4.44. The van der Waals surface area contributed by atoms with Crippen molar-refractivity contribution in [3.05, 3.63) is 65.5 Å². The van der Waals surface area contributed by atoms with Gasteiger partial charge in [0, 0.05) is 12.8 Å². The molecule has 0 aliphatic carbocycles. The van der Waals surface area contributed by atoms with Crippen molar-refractivity contribution < 1.29 is 9.13 Å². The first-order valence-electron chi connectivity index (χ1n) is 8.25. The van der Waals surface area contributed by atoms with Crippen LogP contribution in [0.3, 0.4) is 0 Å². The molecule has 2 rings (SSSR count). The van der Waals surface area contributed by atoms with E-state index in [-0.39, 0.29) is 5.82 Å². The largest absolute Gasteiger partial charge is 0.489 e. The molecular formula is C20H24FNO. The van der Waals surface area contributed by atoms with E-state index in [1.807, 2.05) is 36.5 Å². The second kappa shape index (κ2) is 9.78. The molecule has 0 N–H and O–H groups in total. The van der Waals surface area contributed by atoms with Crippen LogP contribution in [0.15, 0.2) is 53.5 Å². The van der Waals surface area contributed by atoms with Gasteiger partial charge in [-0.05, 0) is 53.9 Å². The number of benzene rings is 2. The smallest absolute Gasteiger partial charge is 0.123 e. The number of aliphatic imine (C=N–C) groups is 1. The Kier molecular flexibility index (Phi) is 7.31. The molecule has 0 aliphatic rings. The van der Waals surface area contributed by atoms with Gasteiger partial charge in [0.05, 0.1) is 0 Å². The van der Waals surface area contributed by atoms with Crippen LogP contribution in [0.25, 0.3) is 0 Å². The van der Waals surface area contributed by atoms with Gasteiger partial charge in [-0.25, -0.2) is 4.39 Å². The fourth-order valence-electron chi connectivity index (χ4n) is 2.24. The maximum atomic E-state index is 13.1. The third-order valence-electron chi connectivity index (χ3n) is 3.56. The molecule has 0 unspecified atom stereocenters. The molecule has 0 bridgehead atoms. The molecule has 0 aromatic heterocycles. The van der Waals surface area contributed by atoms with E-state index in [9.17, 15) is 4.39 Å². The predicted molar refractivity (Wildman–Crippen MR) is 93.8 cm³/mol. The lowest BCUT2D eigenvalue weighted by molar-refractivity contribution is 0.305. The van der Waals surface area contributed by atoms with Gasteiger partial charge in [0.1, 0.15) is 18.2 Å². The lowest BCUT2D eigenvalue weighted by Gasteiger charge is -2.06. The SMILES string of the molecule is CCCCCC/N=C/c1ccc(OCc2cccc(F)c2)cc1. The molecule has 2 aromatic rings. The second-order valence-corrected chi connectivity index (χ2v) is 5.58. The van der Waals surface area contributed by atoms with Gasteiger partial charge >= 0.3 is 0 Å². The number of ether oxygens (including phenoxy) is 1.